The van der Waals surface area contributed by atoms with Crippen molar-refractivity contribution in [3.05, 3.63) is 66.6 Å². The molecule has 3 aromatic heterocycles. The van der Waals surface area contributed by atoms with Crippen LogP contribution in [-0.2, 0) is 6.54 Å². The average Bonchev–Trinajstić information content (AvgIpc) is 3.40. The normalized spacial score (nSPS) is 10.7. The minimum absolute atomic E-state index is 0.167. The highest BCUT2D eigenvalue weighted by molar-refractivity contribution is 5.94. The van der Waals surface area contributed by atoms with Crippen molar-refractivity contribution in [2.45, 2.75) is 6.54 Å². The van der Waals surface area contributed by atoms with Crippen LogP contribution in [0.5, 0.6) is 0 Å². The van der Waals surface area contributed by atoms with Gasteiger partial charge in [-0.05, 0) is 46.8 Å². The van der Waals surface area contributed by atoms with E-state index in [1.165, 1.54) is 15.9 Å². The van der Waals surface area contributed by atoms with E-state index in [0.29, 0.717) is 17.3 Å². The maximum absolute atomic E-state index is 12.6. The van der Waals surface area contributed by atoms with Crippen LogP contribution in [0.1, 0.15) is 16.2 Å². The van der Waals surface area contributed by atoms with Crippen molar-refractivity contribution >= 4 is 5.91 Å². The van der Waals surface area contributed by atoms with Gasteiger partial charge in [0, 0.05) is 30.6 Å². The van der Waals surface area contributed by atoms with Crippen molar-refractivity contribution in [1.29, 1.82) is 0 Å². The Morgan fingerprint density at radius 2 is 2.07 bits per heavy atom. The van der Waals surface area contributed by atoms with Gasteiger partial charge in [0.1, 0.15) is 6.33 Å². The number of carbonyl (C=O) groups is 1. The Balaban J connectivity index is 1.44. The minimum Gasteiger partial charge on any atom is -0.337 e. The van der Waals surface area contributed by atoms with Gasteiger partial charge in [-0.15, -0.1) is 5.10 Å². The van der Waals surface area contributed by atoms with Gasteiger partial charge in [0.05, 0.1) is 12.2 Å². The topological polar surface area (TPSA) is 116 Å². The van der Waals surface area contributed by atoms with E-state index in [2.05, 4.69) is 30.7 Å². The third kappa shape index (κ3) is 3.54. The zero-order chi connectivity index (χ0) is 18.6. The average molecular weight is 362 g/mol. The number of amides is 1. The number of pyridine rings is 1. The second kappa shape index (κ2) is 7.12. The number of nitrogens with zero attached hydrogens (tertiary/aromatic N) is 8. The van der Waals surface area contributed by atoms with Gasteiger partial charge in [-0.1, -0.05) is 5.16 Å². The maximum atomic E-state index is 12.6. The second-order valence-electron chi connectivity index (χ2n) is 5.72. The molecule has 10 nitrogen and oxygen atoms in total. The molecule has 0 saturated heterocycles. The summed E-state index contributed by atoms with van der Waals surface area (Å²) < 4.78 is 6.75. The molecule has 1 aromatic carbocycles. The molecule has 134 valence electrons. The monoisotopic (exact) mass is 362 g/mol. The molecule has 4 aromatic rings. The number of hydrogen-bond acceptors (Lipinski definition) is 8. The van der Waals surface area contributed by atoms with E-state index in [1.54, 1.807) is 49.8 Å². The van der Waals surface area contributed by atoms with Gasteiger partial charge in [0.15, 0.2) is 0 Å². The molecule has 4 rings (SSSR count). The van der Waals surface area contributed by atoms with Crippen LogP contribution in [0, 0.1) is 0 Å². The fraction of sp³-hybridized carbons (Fsp3) is 0.118. The summed E-state index contributed by atoms with van der Waals surface area (Å²) in [7, 11) is 1.67. The number of tetrazole rings is 1. The smallest absolute Gasteiger partial charge is 0.254 e. The first-order valence-corrected chi connectivity index (χ1v) is 8.02. The van der Waals surface area contributed by atoms with E-state index < -0.39 is 0 Å². The Bertz CT molecular complexity index is 1030. The molecular weight excluding hydrogens is 348 g/mol. The SMILES string of the molecule is CN(Cc1nc(-c2cccnc2)no1)C(=O)c1ccc(-n2cnnn2)cc1. The summed E-state index contributed by atoms with van der Waals surface area (Å²) in [4.78, 5) is 22.4. The van der Waals surface area contributed by atoms with E-state index in [4.69, 9.17) is 4.52 Å². The van der Waals surface area contributed by atoms with Gasteiger partial charge in [-0.3, -0.25) is 9.78 Å². The van der Waals surface area contributed by atoms with Crippen LogP contribution >= 0.6 is 0 Å². The van der Waals surface area contributed by atoms with Crippen molar-refractivity contribution in [2.75, 3.05) is 7.05 Å². The Morgan fingerprint density at radius 3 is 2.78 bits per heavy atom. The number of hydrogen-bond donors (Lipinski definition) is 0. The summed E-state index contributed by atoms with van der Waals surface area (Å²) in [6.45, 7) is 0.195. The number of benzene rings is 1. The third-order valence-corrected chi connectivity index (χ3v) is 3.83. The molecular formula is C17H14N8O2. The molecule has 0 unspecified atom stereocenters. The fourth-order valence-corrected chi connectivity index (χ4v) is 2.46. The molecule has 27 heavy (non-hydrogen) atoms. The van der Waals surface area contributed by atoms with Gasteiger partial charge >= 0.3 is 0 Å². The predicted molar refractivity (Wildman–Crippen MR) is 92.5 cm³/mol. The first-order chi connectivity index (χ1) is 13.2. The molecule has 0 N–H and O–H groups in total. The summed E-state index contributed by atoms with van der Waals surface area (Å²) >= 11 is 0. The lowest BCUT2D eigenvalue weighted by atomic mass is 10.2. The van der Waals surface area contributed by atoms with Crippen LogP contribution in [0.25, 0.3) is 17.1 Å². The lowest BCUT2D eigenvalue weighted by Gasteiger charge is -2.14. The molecule has 0 radical (unpaired) electrons. The van der Waals surface area contributed by atoms with Gasteiger partial charge < -0.3 is 9.42 Å². The zero-order valence-electron chi connectivity index (χ0n) is 14.3. The molecule has 3 heterocycles. The second-order valence-corrected chi connectivity index (χ2v) is 5.72. The summed E-state index contributed by atoms with van der Waals surface area (Å²) in [6.07, 6.45) is 4.80. The fourth-order valence-electron chi connectivity index (χ4n) is 2.46. The molecule has 0 atom stereocenters. The summed E-state index contributed by atoms with van der Waals surface area (Å²) in [5.74, 6) is 0.610. The Hall–Kier alpha value is -3.95. The highest BCUT2D eigenvalue weighted by Gasteiger charge is 2.16. The minimum atomic E-state index is -0.167. The van der Waals surface area contributed by atoms with Crippen LogP contribution in [0.15, 0.2) is 59.6 Å². The maximum Gasteiger partial charge on any atom is 0.254 e. The van der Waals surface area contributed by atoms with E-state index in [-0.39, 0.29) is 12.5 Å². The first kappa shape index (κ1) is 16.5. The Labute approximate surface area is 153 Å². The van der Waals surface area contributed by atoms with Crippen molar-refractivity contribution in [2.24, 2.45) is 0 Å². The highest BCUT2D eigenvalue weighted by atomic mass is 16.5. The van der Waals surface area contributed by atoms with E-state index in [1.807, 2.05) is 6.07 Å². The first-order valence-electron chi connectivity index (χ1n) is 8.02. The van der Waals surface area contributed by atoms with Crippen molar-refractivity contribution in [3.63, 3.8) is 0 Å². The van der Waals surface area contributed by atoms with E-state index in [9.17, 15) is 4.79 Å². The molecule has 0 bridgehead atoms. The van der Waals surface area contributed by atoms with E-state index >= 15 is 0 Å². The molecule has 0 aliphatic heterocycles. The summed E-state index contributed by atoms with van der Waals surface area (Å²) in [6, 6.07) is 10.6. The quantitative estimate of drug-likeness (QED) is 0.523. The van der Waals surface area contributed by atoms with Crippen LogP contribution in [0.3, 0.4) is 0 Å². The van der Waals surface area contributed by atoms with E-state index in [0.717, 1.165) is 11.3 Å². The zero-order valence-corrected chi connectivity index (χ0v) is 14.3. The lowest BCUT2D eigenvalue weighted by Crippen LogP contribution is -2.26. The number of rotatable bonds is 5. The number of aromatic nitrogens is 7. The molecule has 0 aliphatic carbocycles. The summed E-state index contributed by atoms with van der Waals surface area (Å²) in [5.41, 5.74) is 2.04. The van der Waals surface area contributed by atoms with Gasteiger partial charge in [-0.25, -0.2) is 4.68 Å². The van der Waals surface area contributed by atoms with Crippen molar-refractivity contribution in [1.82, 2.24) is 40.2 Å². The third-order valence-electron chi connectivity index (χ3n) is 3.83. The number of carbonyl (C=O) groups excluding carboxylic acids is 1. The largest absolute Gasteiger partial charge is 0.337 e. The molecule has 0 spiro atoms. The Morgan fingerprint density at radius 1 is 1.22 bits per heavy atom. The standard InChI is InChI=1S/C17H14N8O2/c1-24(10-15-20-16(21-27-15)13-3-2-8-18-9-13)17(26)12-4-6-14(7-5-12)25-11-19-22-23-25/h2-9,11H,10H2,1H3. The van der Waals surface area contributed by atoms with Gasteiger partial charge in [0.25, 0.3) is 5.91 Å². The van der Waals surface area contributed by atoms with Gasteiger partial charge in [-0.2, -0.15) is 4.98 Å². The molecule has 0 fully saturated rings. The van der Waals surface area contributed by atoms with Crippen LogP contribution < -0.4 is 0 Å². The highest BCUT2D eigenvalue weighted by Crippen LogP contribution is 2.15. The summed E-state index contributed by atoms with van der Waals surface area (Å²) in [5, 5.41) is 14.9. The Kier molecular flexibility index (Phi) is 4.35. The van der Waals surface area contributed by atoms with Crippen LogP contribution in [0.4, 0.5) is 0 Å². The van der Waals surface area contributed by atoms with Crippen molar-refractivity contribution in [3.8, 4) is 17.1 Å². The van der Waals surface area contributed by atoms with Gasteiger partial charge in [0.2, 0.25) is 11.7 Å². The van der Waals surface area contributed by atoms with Crippen molar-refractivity contribution < 1.29 is 9.32 Å². The molecule has 10 heteroatoms. The predicted octanol–water partition coefficient (Wildman–Crippen LogP) is 1.38. The molecule has 1 amide bonds. The van der Waals surface area contributed by atoms with Crippen LogP contribution in [-0.4, -0.2) is 53.2 Å². The molecule has 0 saturated carbocycles. The molecule has 0 aliphatic rings. The van der Waals surface area contributed by atoms with Crippen LogP contribution in [0.2, 0.25) is 0 Å². The lowest BCUT2D eigenvalue weighted by molar-refractivity contribution is 0.0769.